The molecule has 1 amide bonds. The van der Waals surface area contributed by atoms with Gasteiger partial charge in [-0.15, -0.1) is 0 Å². The number of ether oxygens (including phenoxy) is 1. The number of carbonyl (C=O) groups is 1. The SMILES string of the molecule is CC(C)c1nccn1-c1cccc(C2CCCN(CC(=O)N3CCOCC3)C2)n1. The molecular weight excluding hydrogens is 366 g/mol. The summed E-state index contributed by atoms with van der Waals surface area (Å²) in [5, 5.41) is 0. The number of piperidine rings is 1. The summed E-state index contributed by atoms with van der Waals surface area (Å²) in [6, 6.07) is 6.24. The molecule has 29 heavy (non-hydrogen) atoms. The molecule has 2 aromatic rings. The van der Waals surface area contributed by atoms with E-state index in [0.29, 0.717) is 44.7 Å². The molecule has 0 aliphatic carbocycles. The van der Waals surface area contributed by atoms with Gasteiger partial charge in [0.1, 0.15) is 11.6 Å². The van der Waals surface area contributed by atoms with Crippen molar-refractivity contribution in [3.63, 3.8) is 0 Å². The van der Waals surface area contributed by atoms with Crippen molar-refractivity contribution in [2.45, 2.75) is 38.5 Å². The molecule has 2 aliphatic heterocycles. The van der Waals surface area contributed by atoms with E-state index in [1.54, 1.807) is 0 Å². The number of aromatic nitrogens is 3. The molecule has 7 heteroatoms. The number of hydrogen-bond acceptors (Lipinski definition) is 5. The molecule has 0 N–H and O–H groups in total. The van der Waals surface area contributed by atoms with Crippen LogP contribution in [0.2, 0.25) is 0 Å². The van der Waals surface area contributed by atoms with Crippen LogP contribution < -0.4 is 0 Å². The van der Waals surface area contributed by atoms with Gasteiger partial charge in [-0.1, -0.05) is 19.9 Å². The first-order valence-corrected chi connectivity index (χ1v) is 10.7. The second-order valence-electron chi connectivity index (χ2n) is 8.30. The summed E-state index contributed by atoms with van der Waals surface area (Å²) in [5.41, 5.74) is 1.11. The van der Waals surface area contributed by atoms with Crippen LogP contribution in [0, 0.1) is 0 Å². The van der Waals surface area contributed by atoms with E-state index in [4.69, 9.17) is 9.72 Å². The minimum Gasteiger partial charge on any atom is -0.378 e. The van der Waals surface area contributed by atoms with E-state index in [1.165, 1.54) is 0 Å². The monoisotopic (exact) mass is 397 g/mol. The van der Waals surface area contributed by atoms with Gasteiger partial charge < -0.3 is 9.64 Å². The molecule has 0 spiro atoms. The Labute approximate surface area is 172 Å². The summed E-state index contributed by atoms with van der Waals surface area (Å²) in [4.78, 5) is 26.3. The van der Waals surface area contributed by atoms with Crippen LogP contribution in [0.15, 0.2) is 30.6 Å². The maximum absolute atomic E-state index is 12.6. The zero-order chi connectivity index (χ0) is 20.2. The fourth-order valence-electron chi connectivity index (χ4n) is 4.28. The minimum atomic E-state index is 0.218. The van der Waals surface area contributed by atoms with Crippen molar-refractivity contribution < 1.29 is 9.53 Å². The minimum absolute atomic E-state index is 0.218. The molecule has 0 aromatic carbocycles. The molecule has 2 saturated heterocycles. The summed E-state index contributed by atoms with van der Waals surface area (Å²) in [6.07, 6.45) is 6.02. The predicted molar refractivity (Wildman–Crippen MR) is 111 cm³/mol. The van der Waals surface area contributed by atoms with Crippen molar-refractivity contribution in [2.24, 2.45) is 0 Å². The Bertz CT molecular complexity index is 828. The lowest BCUT2D eigenvalue weighted by molar-refractivity contribution is -0.136. The standard InChI is InChI=1S/C22H31N5O2/c1-17(2)22-23-8-10-27(22)20-7-3-6-19(24-20)18-5-4-9-25(15-18)16-21(28)26-11-13-29-14-12-26/h3,6-8,10,17-18H,4-5,9,11-16H2,1-2H3. The van der Waals surface area contributed by atoms with Crippen molar-refractivity contribution in [1.82, 2.24) is 24.3 Å². The van der Waals surface area contributed by atoms with E-state index in [1.807, 2.05) is 23.4 Å². The van der Waals surface area contributed by atoms with Crippen molar-refractivity contribution in [2.75, 3.05) is 45.9 Å². The first-order chi connectivity index (χ1) is 14.1. The average Bonchev–Trinajstić information content (AvgIpc) is 3.25. The molecule has 0 radical (unpaired) electrons. The van der Waals surface area contributed by atoms with E-state index >= 15 is 0 Å². The Hall–Kier alpha value is -2.25. The van der Waals surface area contributed by atoms with Gasteiger partial charge in [0, 0.05) is 49.6 Å². The average molecular weight is 398 g/mol. The Morgan fingerprint density at radius 1 is 1.24 bits per heavy atom. The zero-order valence-electron chi connectivity index (χ0n) is 17.5. The van der Waals surface area contributed by atoms with Gasteiger partial charge in [-0.25, -0.2) is 9.97 Å². The molecule has 156 valence electrons. The number of nitrogens with zero attached hydrogens (tertiary/aromatic N) is 5. The summed E-state index contributed by atoms with van der Waals surface area (Å²) in [5.74, 6) is 2.86. The highest BCUT2D eigenvalue weighted by Gasteiger charge is 2.26. The van der Waals surface area contributed by atoms with Crippen LogP contribution in [-0.2, 0) is 9.53 Å². The third-order valence-corrected chi connectivity index (χ3v) is 5.83. The highest BCUT2D eigenvalue weighted by atomic mass is 16.5. The number of rotatable bonds is 5. The largest absolute Gasteiger partial charge is 0.378 e. The molecule has 2 fully saturated rings. The van der Waals surface area contributed by atoms with Gasteiger partial charge in [0.15, 0.2) is 0 Å². The number of amides is 1. The van der Waals surface area contributed by atoms with E-state index in [-0.39, 0.29) is 5.91 Å². The smallest absolute Gasteiger partial charge is 0.236 e. The fraction of sp³-hybridized carbons (Fsp3) is 0.591. The van der Waals surface area contributed by atoms with Crippen molar-refractivity contribution in [3.8, 4) is 5.82 Å². The predicted octanol–water partition coefficient (Wildman–Crippen LogP) is 2.43. The van der Waals surface area contributed by atoms with Crippen LogP contribution in [0.5, 0.6) is 0 Å². The molecule has 1 atom stereocenters. The van der Waals surface area contributed by atoms with Crippen LogP contribution in [-0.4, -0.2) is 76.2 Å². The molecule has 2 aromatic heterocycles. The summed E-state index contributed by atoms with van der Waals surface area (Å²) in [6.45, 7) is 9.37. The number of hydrogen-bond donors (Lipinski definition) is 0. The molecular formula is C22H31N5O2. The van der Waals surface area contributed by atoms with E-state index in [9.17, 15) is 4.79 Å². The van der Waals surface area contributed by atoms with E-state index in [2.05, 4.69) is 40.4 Å². The highest BCUT2D eigenvalue weighted by molar-refractivity contribution is 5.78. The number of carbonyl (C=O) groups excluding carboxylic acids is 1. The number of imidazole rings is 1. The Kier molecular flexibility index (Phi) is 6.25. The molecule has 0 saturated carbocycles. The number of pyridine rings is 1. The summed E-state index contributed by atoms with van der Waals surface area (Å²) >= 11 is 0. The van der Waals surface area contributed by atoms with Gasteiger partial charge in [0.25, 0.3) is 0 Å². The molecule has 7 nitrogen and oxygen atoms in total. The second-order valence-corrected chi connectivity index (χ2v) is 8.30. The van der Waals surface area contributed by atoms with E-state index in [0.717, 1.165) is 43.3 Å². The Morgan fingerprint density at radius 2 is 2.07 bits per heavy atom. The third-order valence-electron chi connectivity index (χ3n) is 5.83. The maximum Gasteiger partial charge on any atom is 0.236 e. The first kappa shape index (κ1) is 20.0. The van der Waals surface area contributed by atoms with Crippen molar-refractivity contribution in [3.05, 3.63) is 42.1 Å². The van der Waals surface area contributed by atoms with E-state index < -0.39 is 0 Å². The summed E-state index contributed by atoms with van der Waals surface area (Å²) in [7, 11) is 0. The molecule has 0 bridgehead atoms. The molecule has 4 rings (SSSR count). The Morgan fingerprint density at radius 3 is 2.86 bits per heavy atom. The van der Waals surface area contributed by atoms with Crippen LogP contribution in [0.1, 0.15) is 50.0 Å². The van der Waals surface area contributed by atoms with Crippen LogP contribution in [0.4, 0.5) is 0 Å². The lowest BCUT2D eigenvalue weighted by Crippen LogP contribution is -2.47. The maximum atomic E-state index is 12.6. The van der Waals surface area contributed by atoms with Crippen LogP contribution >= 0.6 is 0 Å². The third kappa shape index (κ3) is 4.67. The first-order valence-electron chi connectivity index (χ1n) is 10.7. The van der Waals surface area contributed by atoms with Gasteiger partial charge in [-0.2, -0.15) is 0 Å². The number of likely N-dealkylation sites (tertiary alicyclic amines) is 1. The van der Waals surface area contributed by atoms with Gasteiger partial charge in [-0.05, 0) is 31.5 Å². The topological polar surface area (TPSA) is 63.5 Å². The zero-order valence-corrected chi connectivity index (χ0v) is 17.5. The normalized spacial score (nSPS) is 20.9. The number of morpholine rings is 1. The van der Waals surface area contributed by atoms with Crippen LogP contribution in [0.3, 0.4) is 0 Å². The lowest BCUT2D eigenvalue weighted by atomic mass is 9.94. The van der Waals surface area contributed by atoms with Gasteiger partial charge >= 0.3 is 0 Å². The highest BCUT2D eigenvalue weighted by Crippen LogP contribution is 2.27. The lowest BCUT2D eigenvalue weighted by Gasteiger charge is -2.34. The van der Waals surface area contributed by atoms with Crippen molar-refractivity contribution >= 4 is 5.91 Å². The second kappa shape index (κ2) is 9.05. The molecule has 2 aliphatic rings. The van der Waals surface area contributed by atoms with Gasteiger partial charge in [0.2, 0.25) is 5.91 Å². The van der Waals surface area contributed by atoms with Crippen LogP contribution in [0.25, 0.3) is 5.82 Å². The quantitative estimate of drug-likeness (QED) is 0.775. The van der Waals surface area contributed by atoms with Crippen molar-refractivity contribution in [1.29, 1.82) is 0 Å². The Balaban J connectivity index is 1.44. The fourth-order valence-corrected chi connectivity index (χ4v) is 4.28. The molecule has 4 heterocycles. The van der Waals surface area contributed by atoms with Gasteiger partial charge in [-0.3, -0.25) is 14.3 Å². The summed E-state index contributed by atoms with van der Waals surface area (Å²) < 4.78 is 7.44. The van der Waals surface area contributed by atoms with Gasteiger partial charge in [0.05, 0.1) is 19.8 Å². The molecule has 1 unspecified atom stereocenters.